The average Bonchev–Trinajstić information content (AvgIpc) is 2.38. The monoisotopic (exact) mass is 252 g/mol. The van der Waals surface area contributed by atoms with Crippen molar-refractivity contribution in [2.24, 2.45) is 0 Å². The lowest BCUT2D eigenvalue weighted by molar-refractivity contribution is 0.0112. The first-order valence-corrected chi connectivity index (χ1v) is 6.17. The minimum atomic E-state index is -1.40. The first-order valence-electron chi connectivity index (χ1n) is 6.17. The Labute approximate surface area is 106 Å². The lowest BCUT2D eigenvalue weighted by Gasteiger charge is -2.30. The zero-order valence-electron chi connectivity index (χ0n) is 10.4. The van der Waals surface area contributed by atoms with E-state index in [1.165, 1.54) is 25.3 Å². The fourth-order valence-electron chi connectivity index (χ4n) is 2.42. The third kappa shape index (κ3) is 2.38. The second-order valence-corrected chi connectivity index (χ2v) is 4.77. The van der Waals surface area contributed by atoms with Crippen LogP contribution in [0.15, 0.2) is 18.2 Å². The van der Waals surface area contributed by atoms with Gasteiger partial charge in [0.25, 0.3) is 0 Å². The van der Waals surface area contributed by atoms with Gasteiger partial charge in [-0.2, -0.15) is 0 Å². The maximum Gasteiger partial charge on any atom is 0.197 e. The van der Waals surface area contributed by atoms with Gasteiger partial charge in [-0.15, -0.1) is 0 Å². The lowest BCUT2D eigenvalue weighted by Crippen LogP contribution is -2.40. The summed E-state index contributed by atoms with van der Waals surface area (Å²) < 4.78 is 18.7. The SMILES string of the molecule is COc1ccc(C(=O)C2(O)CCCCC2)c(F)c1. The van der Waals surface area contributed by atoms with Crippen LogP contribution >= 0.6 is 0 Å². The molecule has 1 aromatic rings. The van der Waals surface area contributed by atoms with Crippen LogP contribution in [0.3, 0.4) is 0 Å². The van der Waals surface area contributed by atoms with E-state index in [1.54, 1.807) is 0 Å². The van der Waals surface area contributed by atoms with E-state index in [-0.39, 0.29) is 5.56 Å². The van der Waals surface area contributed by atoms with Crippen molar-refractivity contribution < 1.29 is 19.0 Å². The van der Waals surface area contributed by atoms with Gasteiger partial charge in [0.2, 0.25) is 0 Å². The van der Waals surface area contributed by atoms with Crippen LogP contribution in [0.2, 0.25) is 0 Å². The van der Waals surface area contributed by atoms with Crippen molar-refractivity contribution in [1.29, 1.82) is 0 Å². The molecule has 0 spiro atoms. The number of ketones is 1. The second kappa shape index (κ2) is 5.06. The molecule has 0 aromatic heterocycles. The molecule has 1 fully saturated rings. The lowest BCUT2D eigenvalue weighted by atomic mass is 9.79. The Morgan fingerprint density at radius 3 is 2.56 bits per heavy atom. The van der Waals surface area contributed by atoms with Crippen LogP contribution in [0.4, 0.5) is 4.39 Å². The van der Waals surface area contributed by atoms with Gasteiger partial charge in [-0.1, -0.05) is 19.3 Å². The predicted molar refractivity (Wildman–Crippen MR) is 65.3 cm³/mol. The number of aliphatic hydroxyl groups is 1. The zero-order chi connectivity index (χ0) is 13.2. The molecule has 0 heterocycles. The van der Waals surface area contributed by atoms with E-state index in [2.05, 4.69) is 0 Å². The number of ether oxygens (including phenoxy) is 1. The number of hydrogen-bond acceptors (Lipinski definition) is 3. The summed E-state index contributed by atoms with van der Waals surface area (Å²) in [7, 11) is 1.44. The summed E-state index contributed by atoms with van der Waals surface area (Å²) in [5, 5.41) is 10.3. The molecule has 1 saturated carbocycles. The van der Waals surface area contributed by atoms with Crippen molar-refractivity contribution in [3.8, 4) is 5.75 Å². The van der Waals surface area contributed by atoms with E-state index < -0.39 is 17.2 Å². The molecule has 0 atom stereocenters. The fourth-order valence-corrected chi connectivity index (χ4v) is 2.42. The Hall–Kier alpha value is -1.42. The molecule has 0 aliphatic heterocycles. The maximum atomic E-state index is 13.8. The highest BCUT2D eigenvalue weighted by molar-refractivity contribution is 6.02. The highest BCUT2D eigenvalue weighted by atomic mass is 19.1. The summed E-state index contributed by atoms with van der Waals surface area (Å²) in [6.45, 7) is 0. The van der Waals surface area contributed by atoms with Crippen molar-refractivity contribution in [2.45, 2.75) is 37.7 Å². The first kappa shape index (κ1) is 13.0. The number of benzene rings is 1. The van der Waals surface area contributed by atoms with Crippen molar-refractivity contribution in [1.82, 2.24) is 0 Å². The van der Waals surface area contributed by atoms with Crippen molar-refractivity contribution in [3.63, 3.8) is 0 Å². The third-order valence-corrected chi connectivity index (χ3v) is 3.52. The molecule has 0 saturated heterocycles. The number of rotatable bonds is 3. The van der Waals surface area contributed by atoms with Gasteiger partial charge < -0.3 is 9.84 Å². The van der Waals surface area contributed by atoms with Gasteiger partial charge in [-0.3, -0.25) is 4.79 Å². The number of halogens is 1. The molecule has 1 aromatic carbocycles. The molecule has 18 heavy (non-hydrogen) atoms. The highest BCUT2D eigenvalue weighted by Crippen LogP contribution is 2.32. The number of Topliss-reactive ketones (excluding diaryl/α,β-unsaturated/α-hetero) is 1. The van der Waals surface area contributed by atoms with Crippen LogP contribution in [0.25, 0.3) is 0 Å². The Morgan fingerprint density at radius 1 is 1.33 bits per heavy atom. The van der Waals surface area contributed by atoms with E-state index in [9.17, 15) is 14.3 Å². The molecular weight excluding hydrogens is 235 g/mol. The number of carbonyl (C=O) groups is 1. The van der Waals surface area contributed by atoms with Gasteiger partial charge in [0, 0.05) is 6.07 Å². The van der Waals surface area contributed by atoms with Gasteiger partial charge in [0.15, 0.2) is 5.78 Å². The van der Waals surface area contributed by atoms with Crippen LogP contribution < -0.4 is 4.74 Å². The number of carbonyl (C=O) groups excluding carboxylic acids is 1. The Balaban J connectivity index is 2.28. The van der Waals surface area contributed by atoms with Crippen LogP contribution in [0, 0.1) is 5.82 Å². The Bertz CT molecular complexity index is 450. The minimum absolute atomic E-state index is 0.0554. The summed E-state index contributed by atoms with van der Waals surface area (Å²) in [5.41, 5.74) is -1.45. The topological polar surface area (TPSA) is 46.5 Å². The minimum Gasteiger partial charge on any atom is -0.497 e. The van der Waals surface area contributed by atoms with Gasteiger partial charge >= 0.3 is 0 Å². The molecule has 0 bridgehead atoms. The Kier molecular flexibility index (Phi) is 3.66. The largest absolute Gasteiger partial charge is 0.497 e. The summed E-state index contributed by atoms with van der Waals surface area (Å²) in [4.78, 5) is 12.2. The maximum absolute atomic E-state index is 13.8. The van der Waals surface area contributed by atoms with E-state index >= 15 is 0 Å². The van der Waals surface area contributed by atoms with Crippen molar-refractivity contribution in [2.75, 3.05) is 7.11 Å². The average molecular weight is 252 g/mol. The van der Waals surface area contributed by atoms with Crippen molar-refractivity contribution in [3.05, 3.63) is 29.6 Å². The van der Waals surface area contributed by atoms with E-state index in [0.717, 1.165) is 19.3 Å². The van der Waals surface area contributed by atoms with E-state index in [1.807, 2.05) is 0 Å². The molecule has 1 N–H and O–H groups in total. The fraction of sp³-hybridized carbons (Fsp3) is 0.500. The smallest absolute Gasteiger partial charge is 0.197 e. The molecule has 98 valence electrons. The van der Waals surface area contributed by atoms with Crippen molar-refractivity contribution >= 4 is 5.78 Å². The van der Waals surface area contributed by atoms with E-state index in [0.29, 0.717) is 18.6 Å². The van der Waals surface area contributed by atoms with E-state index in [4.69, 9.17) is 4.74 Å². The molecule has 1 aliphatic carbocycles. The summed E-state index contributed by atoms with van der Waals surface area (Å²) in [6.07, 6.45) is 3.45. The van der Waals surface area contributed by atoms with Crippen LogP contribution in [0.5, 0.6) is 5.75 Å². The quantitative estimate of drug-likeness (QED) is 0.841. The molecule has 0 unspecified atom stereocenters. The van der Waals surface area contributed by atoms with Crippen LogP contribution in [0.1, 0.15) is 42.5 Å². The van der Waals surface area contributed by atoms with Gasteiger partial charge in [-0.25, -0.2) is 4.39 Å². The number of hydrogen-bond donors (Lipinski definition) is 1. The molecule has 2 rings (SSSR count). The third-order valence-electron chi connectivity index (χ3n) is 3.52. The summed E-state index contributed by atoms with van der Waals surface area (Å²) in [5.74, 6) is -0.791. The highest BCUT2D eigenvalue weighted by Gasteiger charge is 2.38. The molecular formula is C14H17FO3. The molecule has 0 radical (unpaired) electrons. The standard InChI is InChI=1S/C14H17FO3/c1-18-10-5-6-11(12(15)9-10)13(16)14(17)7-3-2-4-8-14/h5-6,9,17H,2-4,7-8H2,1H3. The molecule has 1 aliphatic rings. The number of methoxy groups -OCH3 is 1. The summed E-state index contributed by atoms with van der Waals surface area (Å²) in [6, 6.07) is 4.07. The molecule has 4 heteroatoms. The molecule has 0 amide bonds. The Morgan fingerprint density at radius 2 is 2.00 bits per heavy atom. The van der Waals surface area contributed by atoms with Crippen LogP contribution in [-0.4, -0.2) is 23.6 Å². The summed E-state index contributed by atoms with van der Waals surface area (Å²) >= 11 is 0. The van der Waals surface area contributed by atoms with Gasteiger partial charge in [0.1, 0.15) is 17.2 Å². The zero-order valence-corrected chi connectivity index (χ0v) is 10.4. The van der Waals surface area contributed by atoms with Gasteiger partial charge in [-0.05, 0) is 25.0 Å². The van der Waals surface area contributed by atoms with Crippen LogP contribution in [-0.2, 0) is 0 Å². The second-order valence-electron chi connectivity index (χ2n) is 4.77. The first-order chi connectivity index (χ1) is 8.57. The predicted octanol–water partition coefficient (Wildman–Crippen LogP) is 2.71. The normalized spacial score (nSPS) is 18.4. The van der Waals surface area contributed by atoms with Gasteiger partial charge in [0.05, 0.1) is 12.7 Å². The molecule has 3 nitrogen and oxygen atoms in total.